The van der Waals surface area contributed by atoms with Gasteiger partial charge in [0.15, 0.2) is 14.6 Å². The molecular weight excluding hydrogens is 382 g/mol. The van der Waals surface area contributed by atoms with Gasteiger partial charge in [-0.05, 0) is 62.3 Å². The first kappa shape index (κ1) is 20.0. The van der Waals surface area contributed by atoms with E-state index in [0.717, 1.165) is 0 Å². The van der Waals surface area contributed by atoms with E-state index in [1.807, 2.05) is 0 Å². The molecule has 0 bridgehead atoms. The van der Waals surface area contributed by atoms with Crippen molar-refractivity contribution in [2.75, 3.05) is 18.4 Å². The first-order valence-electron chi connectivity index (χ1n) is 8.77. The molecule has 1 heterocycles. The predicted octanol–water partition coefficient (Wildman–Crippen LogP) is 1.34. The van der Waals surface area contributed by atoms with Gasteiger partial charge in [0.05, 0.1) is 4.90 Å². The summed E-state index contributed by atoms with van der Waals surface area (Å²) >= 11 is 0. The lowest BCUT2D eigenvalue weighted by Gasteiger charge is -2.34. The molecular formula is C19H21N3O5S. The summed E-state index contributed by atoms with van der Waals surface area (Å²) in [6, 6.07) is 14.3. The molecule has 2 aromatic rings. The van der Waals surface area contributed by atoms with Crippen molar-refractivity contribution in [1.29, 1.82) is 0 Å². The van der Waals surface area contributed by atoms with Crippen LogP contribution in [-0.4, -0.2) is 43.3 Å². The maximum atomic E-state index is 13.2. The summed E-state index contributed by atoms with van der Waals surface area (Å²) in [7, 11) is -4.06. The molecule has 0 spiro atoms. The third-order valence-corrected chi connectivity index (χ3v) is 7.41. The Kier molecular flexibility index (Phi) is 5.78. The van der Waals surface area contributed by atoms with Gasteiger partial charge in [0.1, 0.15) is 0 Å². The third-order valence-electron chi connectivity index (χ3n) is 4.90. The largest absolute Gasteiger partial charge is 0.322 e. The monoisotopic (exact) mass is 403 g/mol. The van der Waals surface area contributed by atoms with Crippen LogP contribution in [0, 0.1) is 0 Å². The van der Waals surface area contributed by atoms with Crippen molar-refractivity contribution >= 4 is 27.3 Å². The van der Waals surface area contributed by atoms with Gasteiger partial charge in [-0.1, -0.05) is 18.2 Å². The Bertz CT molecular complexity index is 953. The maximum absolute atomic E-state index is 13.2. The van der Waals surface area contributed by atoms with E-state index in [2.05, 4.69) is 10.6 Å². The van der Waals surface area contributed by atoms with Crippen molar-refractivity contribution in [2.24, 2.45) is 0 Å². The Morgan fingerprint density at radius 3 is 2.14 bits per heavy atom. The van der Waals surface area contributed by atoms with Crippen LogP contribution in [0.5, 0.6) is 0 Å². The van der Waals surface area contributed by atoms with E-state index in [1.54, 1.807) is 30.3 Å². The minimum Gasteiger partial charge on any atom is -0.322 e. The molecule has 9 heteroatoms. The van der Waals surface area contributed by atoms with Gasteiger partial charge in [-0.3, -0.25) is 14.8 Å². The molecule has 0 atom stereocenters. The molecule has 1 saturated heterocycles. The van der Waals surface area contributed by atoms with Crippen LogP contribution in [0.4, 0.5) is 5.69 Å². The van der Waals surface area contributed by atoms with Crippen molar-refractivity contribution in [3.05, 3.63) is 60.2 Å². The van der Waals surface area contributed by atoms with Crippen LogP contribution in [0.1, 0.15) is 23.2 Å². The second-order valence-electron chi connectivity index (χ2n) is 6.53. The number of rotatable bonds is 5. The highest BCUT2D eigenvalue weighted by Gasteiger charge is 2.51. The summed E-state index contributed by atoms with van der Waals surface area (Å²) in [6.07, 6.45) is 0.0996. The second kappa shape index (κ2) is 8.09. The smallest absolute Gasteiger partial charge is 0.265 e. The number of sulfone groups is 1. The molecule has 8 nitrogen and oxygen atoms in total. The van der Waals surface area contributed by atoms with Crippen molar-refractivity contribution in [3.63, 3.8) is 0 Å². The number of hydrogen-bond acceptors (Lipinski definition) is 6. The van der Waals surface area contributed by atoms with Gasteiger partial charge in [-0.2, -0.15) is 0 Å². The fourth-order valence-electron chi connectivity index (χ4n) is 3.29. The Balaban J connectivity index is 1.85. The van der Waals surface area contributed by atoms with Gasteiger partial charge in [-0.15, -0.1) is 0 Å². The molecule has 1 aliphatic heterocycles. The minimum absolute atomic E-state index is 0.0456. The summed E-state index contributed by atoms with van der Waals surface area (Å²) in [5.41, 5.74) is 2.41. The van der Waals surface area contributed by atoms with Crippen LogP contribution in [0.2, 0.25) is 0 Å². The van der Waals surface area contributed by atoms with Gasteiger partial charge in [-0.25, -0.2) is 13.9 Å². The van der Waals surface area contributed by atoms with Crippen LogP contribution < -0.4 is 16.1 Å². The number of carbonyl (C=O) groups is 2. The quantitative estimate of drug-likeness (QED) is 0.441. The number of hydroxylamine groups is 1. The highest BCUT2D eigenvalue weighted by atomic mass is 32.2. The Hall–Kier alpha value is -2.75. The van der Waals surface area contributed by atoms with E-state index >= 15 is 0 Å². The first-order valence-corrected chi connectivity index (χ1v) is 10.3. The summed E-state index contributed by atoms with van der Waals surface area (Å²) in [4.78, 5) is 24.4. The number of nitrogens with one attached hydrogen (secondary N) is 3. The third kappa shape index (κ3) is 3.64. The van der Waals surface area contributed by atoms with E-state index in [1.165, 1.54) is 29.7 Å². The van der Waals surface area contributed by atoms with Crippen molar-refractivity contribution in [1.82, 2.24) is 10.8 Å². The van der Waals surface area contributed by atoms with Crippen molar-refractivity contribution < 1.29 is 23.2 Å². The standard InChI is InChI=1S/C19H21N3O5S/c23-17(14-4-2-1-3-5-14)21-15-6-8-16(9-7-15)28(26,27)19(18(24)22-25)10-12-20-13-11-19/h1-9,20,25H,10-13H2,(H,21,23)(H,22,24). The van der Waals surface area contributed by atoms with Gasteiger partial charge in [0.2, 0.25) is 0 Å². The molecule has 4 N–H and O–H groups in total. The normalized spacial score (nSPS) is 16.2. The van der Waals surface area contributed by atoms with Crippen LogP contribution in [0.3, 0.4) is 0 Å². The van der Waals surface area contributed by atoms with E-state index in [9.17, 15) is 18.0 Å². The van der Waals surface area contributed by atoms with Crippen LogP contribution in [-0.2, 0) is 14.6 Å². The SMILES string of the molecule is O=C(Nc1ccc(S(=O)(=O)C2(C(=O)NO)CCNCC2)cc1)c1ccccc1. The summed E-state index contributed by atoms with van der Waals surface area (Å²) < 4.78 is 24.6. The number of piperidine rings is 1. The lowest BCUT2D eigenvalue weighted by molar-refractivity contribution is -0.132. The predicted molar refractivity (Wildman–Crippen MR) is 103 cm³/mol. The Morgan fingerprint density at radius 2 is 1.57 bits per heavy atom. The highest BCUT2D eigenvalue weighted by molar-refractivity contribution is 7.93. The Labute approximate surface area is 162 Å². The topological polar surface area (TPSA) is 125 Å². The zero-order valence-electron chi connectivity index (χ0n) is 15.0. The van der Waals surface area contributed by atoms with E-state index in [-0.39, 0.29) is 23.6 Å². The average molecular weight is 403 g/mol. The van der Waals surface area contributed by atoms with Gasteiger partial charge >= 0.3 is 0 Å². The summed E-state index contributed by atoms with van der Waals surface area (Å²) in [5.74, 6) is -1.25. The molecule has 0 aromatic heterocycles. The average Bonchev–Trinajstić information content (AvgIpc) is 2.74. The van der Waals surface area contributed by atoms with Gasteiger partial charge in [0, 0.05) is 11.3 Å². The lowest BCUT2D eigenvalue weighted by atomic mass is 9.96. The van der Waals surface area contributed by atoms with E-state index < -0.39 is 20.5 Å². The lowest BCUT2D eigenvalue weighted by Crippen LogP contribution is -2.57. The zero-order chi connectivity index (χ0) is 20.2. The number of hydrogen-bond donors (Lipinski definition) is 4. The molecule has 28 heavy (non-hydrogen) atoms. The molecule has 1 fully saturated rings. The van der Waals surface area contributed by atoms with Crippen molar-refractivity contribution in [3.8, 4) is 0 Å². The molecule has 0 radical (unpaired) electrons. The summed E-state index contributed by atoms with van der Waals surface area (Å²) in [6.45, 7) is 0.690. The fraction of sp³-hybridized carbons (Fsp3) is 0.263. The highest BCUT2D eigenvalue weighted by Crippen LogP contribution is 2.34. The van der Waals surface area contributed by atoms with Gasteiger partial charge in [0.25, 0.3) is 11.8 Å². The zero-order valence-corrected chi connectivity index (χ0v) is 15.8. The Morgan fingerprint density at radius 1 is 0.964 bits per heavy atom. The molecule has 0 unspecified atom stereocenters. The molecule has 0 aliphatic carbocycles. The van der Waals surface area contributed by atoms with Crippen LogP contribution in [0.15, 0.2) is 59.5 Å². The second-order valence-corrected chi connectivity index (χ2v) is 8.79. The van der Waals surface area contributed by atoms with Crippen LogP contribution in [0.25, 0.3) is 0 Å². The van der Waals surface area contributed by atoms with E-state index in [0.29, 0.717) is 24.3 Å². The number of amides is 2. The summed E-state index contributed by atoms with van der Waals surface area (Å²) in [5, 5.41) is 14.8. The van der Waals surface area contributed by atoms with Crippen molar-refractivity contribution in [2.45, 2.75) is 22.5 Å². The fourth-order valence-corrected chi connectivity index (χ4v) is 5.26. The van der Waals surface area contributed by atoms with Crippen LogP contribution >= 0.6 is 0 Å². The molecule has 1 aliphatic rings. The molecule has 2 amide bonds. The van der Waals surface area contributed by atoms with Gasteiger partial charge < -0.3 is 10.6 Å². The molecule has 0 saturated carbocycles. The minimum atomic E-state index is -4.06. The number of anilines is 1. The number of carbonyl (C=O) groups excluding carboxylic acids is 2. The molecule has 3 rings (SSSR count). The van der Waals surface area contributed by atoms with E-state index in [4.69, 9.17) is 5.21 Å². The molecule has 2 aromatic carbocycles. The number of benzene rings is 2. The maximum Gasteiger partial charge on any atom is 0.265 e. The molecule has 148 valence electrons. The first-order chi connectivity index (χ1) is 13.4.